The molecule has 0 aromatic carbocycles. The van der Waals surface area contributed by atoms with Gasteiger partial charge in [0.05, 0.1) is 11.7 Å². The normalized spacial score (nSPS) is 23.0. The van der Waals surface area contributed by atoms with Crippen LogP contribution in [0.15, 0.2) is 24.4 Å². The lowest BCUT2D eigenvalue weighted by molar-refractivity contribution is -0.120. The number of aromatic amines is 1. The number of nitrogens with one attached hydrogen (secondary N) is 2. The molecule has 0 aliphatic carbocycles. The molecule has 2 aromatic rings. The van der Waals surface area contributed by atoms with Gasteiger partial charge in [-0.2, -0.15) is 0 Å². The largest absolute Gasteiger partial charge is 0.370 e. The summed E-state index contributed by atoms with van der Waals surface area (Å²) in [5, 5.41) is 4.02. The van der Waals surface area contributed by atoms with E-state index in [9.17, 15) is 4.79 Å². The average Bonchev–Trinajstić information content (AvgIpc) is 3.20. The van der Waals surface area contributed by atoms with Gasteiger partial charge in [-0.15, -0.1) is 0 Å². The molecule has 4 heterocycles. The third kappa shape index (κ3) is 2.98. The first kappa shape index (κ1) is 15.4. The molecule has 2 aromatic heterocycles. The quantitative estimate of drug-likeness (QED) is 0.906. The maximum Gasteiger partial charge on any atom is 0.216 e. The van der Waals surface area contributed by atoms with E-state index >= 15 is 0 Å². The number of amides is 1. The number of anilines is 1. The summed E-state index contributed by atoms with van der Waals surface area (Å²) >= 11 is 0. The molecule has 4 rings (SSSR count). The summed E-state index contributed by atoms with van der Waals surface area (Å²) in [4.78, 5) is 21.3. The second-order valence-corrected chi connectivity index (χ2v) is 6.97. The van der Waals surface area contributed by atoms with Gasteiger partial charge in [0.15, 0.2) is 0 Å². The number of H-pyrrole nitrogens is 1. The molecular weight excluding hydrogens is 304 g/mol. The summed E-state index contributed by atoms with van der Waals surface area (Å²) in [6.07, 6.45) is 6.26. The molecular formula is C18H24N4O2. The van der Waals surface area contributed by atoms with E-state index < -0.39 is 0 Å². The van der Waals surface area contributed by atoms with Gasteiger partial charge in [0.25, 0.3) is 0 Å². The number of pyridine rings is 1. The lowest BCUT2D eigenvalue weighted by atomic mass is 9.88. The Morgan fingerprint density at radius 2 is 2.21 bits per heavy atom. The molecule has 6 heteroatoms. The number of carbonyl (C=O) groups is 1. The predicted molar refractivity (Wildman–Crippen MR) is 93.1 cm³/mol. The Labute approximate surface area is 141 Å². The fraction of sp³-hybridized carbons (Fsp3) is 0.556. The SMILES string of the molecule is CC(=O)NCC1CCC2(CCN(c3ccc4cc[nH]c4n3)CC2)O1. The number of ether oxygens (including phenoxy) is 1. The molecule has 128 valence electrons. The highest BCUT2D eigenvalue weighted by atomic mass is 16.5. The zero-order chi connectivity index (χ0) is 16.6. The van der Waals surface area contributed by atoms with E-state index in [1.54, 1.807) is 6.92 Å². The first-order chi connectivity index (χ1) is 11.6. The summed E-state index contributed by atoms with van der Waals surface area (Å²) in [6.45, 7) is 4.11. The van der Waals surface area contributed by atoms with Crippen LogP contribution in [-0.4, -0.2) is 47.2 Å². The summed E-state index contributed by atoms with van der Waals surface area (Å²) in [6, 6.07) is 6.26. The van der Waals surface area contributed by atoms with Gasteiger partial charge < -0.3 is 19.9 Å². The van der Waals surface area contributed by atoms with E-state index in [4.69, 9.17) is 9.72 Å². The number of fused-ring (bicyclic) bond motifs is 1. The van der Waals surface area contributed by atoms with Crippen molar-refractivity contribution in [3.8, 4) is 0 Å². The molecule has 1 atom stereocenters. The lowest BCUT2D eigenvalue weighted by Crippen LogP contribution is -2.45. The van der Waals surface area contributed by atoms with Gasteiger partial charge in [0.2, 0.25) is 5.91 Å². The Kier molecular flexibility index (Phi) is 3.92. The molecule has 1 amide bonds. The first-order valence-electron chi connectivity index (χ1n) is 8.75. The molecule has 1 spiro atoms. The van der Waals surface area contributed by atoms with E-state index in [-0.39, 0.29) is 17.6 Å². The fourth-order valence-electron chi connectivity index (χ4n) is 3.90. The Morgan fingerprint density at radius 3 is 3.00 bits per heavy atom. The molecule has 6 nitrogen and oxygen atoms in total. The highest BCUT2D eigenvalue weighted by Crippen LogP contribution is 2.39. The second-order valence-electron chi connectivity index (χ2n) is 6.97. The number of hydrogen-bond acceptors (Lipinski definition) is 4. The number of nitrogens with zero attached hydrogens (tertiary/aromatic N) is 2. The fourth-order valence-corrected chi connectivity index (χ4v) is 3.90. The van der Waals surface area contributed by atoms with Crippen LogP contribution in [0.5, 0.6) is 0 Å². The first-order valence-corrected chi connectivity index (χ1v) is 8.75. The minimum Gasteiger partial charge on any atom is -0.370 e. The van der Waals surface area contributed by atoms with Gasteiger partial charge in [-0.1, -0.05) is 0 Å². The van der Waals surface area contributed by atoms with Gasteiger partial charge in [-0.25, -0.2) is 4.98 Å². The number of carbonyl (C=O) groups excluding carboxylic acids is 1. The number of rotatable bonds is 3. The van der Waals surface area contributed by atoms with Crippen molar-refractivity contribution in [3.05, 3.63) is 24.4 Å². The smallest absolute Gasteiger partial charge is 0.216 e. The van der Waals surface area contributed by atoms with Crippen LogP contribution in [0.1, 0.15) is 32.6 Å². The Hall–Kier alpha value is -2.08. The van der Waals surface area contributed by atoms with Crippen molar-refractivity contribution < 1.29 is 9.53 Å². The Morgan fingerprint density at radius 1 is 1.38 bits per heavy atom. The van der Waals surface area contributed by atoms with Gasteiger partial charge in [0.1, 0.15) is 11.5 Å². The topological polar surface area (TPSA) is 70.2 Å². The van der Waals surface area contributed by atoms with Gasteiger partial charge in [-0.3, -0.25) is 4.79 Å². The van der Waals surface area contributed by atoms with E-state index in [0.29, 0.717) is 6.54 Å². The number of piperidine rings is 1. The van der Waals surface area contributed by atoms with Crippen LogP contribution in [0.3, 0.4) is 0 Å². The molecule has 2 fully saturated rings. The zero-order valence-corrected chi connectivity index (χ0v) is 14.0. The van der Waals surface area contributed by atoms with Crippen LogP contribution in [0.4, 0.5) is 5.82 Å². The van der Waals surface area contributed by atoms with Crippen LogP contribution in [-0.2, 0) is 9.53 Å². The molecule has 0 saturated carbocycles. The Balaban J connectivity index is 1.37. The van der Waals surface area contributed by atoms with Crippen LogP contribution in [0, 0.1) is 0 Å². The monoisotopic (exact) mass is 328 g/mol. The Bertz CT molecular complexity index is 733. The van der Waals surface area contributed by atoms with Crippen LogP contribution < -0.4 is 10.2 Å². The van der Waals surface area contributed by atoms with Crippen molar-refractivity contribution in [2.24, 2.45) is 0 Å². The molecule has 2 aliphatic rings. The molecule has 2 N–H and O–H groups in total. The van der Waals surface area contributed by atoms with Crippen LogP contribution >= 0.6 is 0 Å². The van der Waals surface area contributed by atoms with Crippen molar-refractivity contribution in [2.45, 2.75) is 44.3 Å². The highest BCUT2D eigenvalue weighted by Gasteiger charge is 2.42. The van der Waals surface area contributed by atoms with Gasteiger partial charge in [-0.05, 0) is 43.9 Å². The molecule has 24 heavy (non-hydrogen) atoms. The lowest BCUT2D eigenvalue weighted by Gasteiger charge is -2.39. The maximum atomic E-state index is 11.1. The third-order valence-electron chi connectivity index (χ3n) is 5.31. The highest BCUT2D eigenvalue weighted by molar-refractivity contribution is 5.77. The minimum absolute atomic E-state index is 0.00380. The molecule has 0 radical (unpaired) electrons. The van der Waals surface area contributed by atoms with E-state index in [1.165, 1.54) is 0 Å². The van der Waals surface area contributed by atoms with Crippen molar-refractivity contribution in [3.63, 3.8) is 0 Å². The van der Waals surface area contributed by atoms with Crippen molar-refractivity contribution in [1.29, 1.82) is 0 Å². The molecule has 2 aliphatic heterocycles. The van der Waals surface area contributed by atoms with Crippen LogP contribution in [0.2, 0.25) is 0 Å². The summed E-state index contributed by atoms with van der Waals surface area (Å²) < 4.78 is 6.31. The molecule has 0 bridgehead atoms. The standard InChI is InChI=1S/C18H24N4O2/c1-13(23)20-12-15-4-6-18(24-15)7-10-22(11-8-18)16-3-2-14-5-9-19-17(14)21-16/h2-3,5,9,15H,4,6-8,10-12H2,1H3,(H,19,21)(H,20,23). The van der Waals surface area contributed by atoms with Crippen molar-refractivity contribution in [2.75, 3.05) is 24.5 Å². The predicted octanol–water partition coefficient (Wildman–Crippen LogP) is 2.22. The summed E-state index contributed by atoms with van der Waals surface area (Å²) in [5.74, 6) is 1.05. The average molecular weight is 328 g/mol. The van der Waals surface area contributed by atoms with Crippen molar-refractivity contribution >= 4 is 22.8 Å². The number of aromatic nitrogens is 2. The molecule has 1 unspecified atom stereocenters. The molecule has 2 saturated heterocycles. The van der Waals surface area contributed by atoms with E-state index in [2.05, 4.69) is 27.3 Å². The summed E-state index contributed by atoms with van der Waals surface area (Å²) in [5.41, 5.74) is 0.941. The van der Waals surface area contributed by atoms with Crippen molar-refractivity contribution in [1.82, 2.24) is 15.3 Å². The third-order valence-corrected chi connectivity index (χ3v) is 5.31. The van der Waals surface area contributed by atoms with E-state index in [0.717, 1.165) is 55.6 Å². The zero-order valence-electron chi connectivity index (χ0n) is 14.0. The van der Waals surface area contributed by atoms with Crippen LogP contribution in [0.25, 0.3) is 11.0 Å². The van der Waals surface area contributed by atoms with E-state index in [1.807, 2.05) is 12.3 Å². The summed E-state index contributed by atoms with van der Waals surface area (Å²) in [7, 11) is 0. The van der Waals surface area contributed by atoms with Gasteiger partial charge >= 0.3 is 0 Å². The van der Waals surface area contributed by atoms with Gasteiger partial charge in [0, 0.05) is 38.1 Å². The minimum atomic E-state index is -0.00380. The number of hydrogen-bond donors (Lipinski definition) is 2. The maximum absolute atomic E-state index is 11.1. The second kappa shape index (κ2) is 6.09.